The van der Waals surface area contributed by atoms with Crippen LogP contribution in [0.4, 0.5) is 5.69 Å². The van der Waals surface area contributed by atoms with Crippen molar-refractivity contribution in [2.75, 3.05) is 44.2 Å². The molecule has 1 N–H and O–H groups in total. The molecule has 2 aliphatic rings. The van der Waals surface area contributed by atoms with Crippen molar-refractivity contribution in [3.63, 3.8) is 0 Å². The number of hydrogen-bond donors (Lipinski definition) is 1. The Kier molecular flexibility index (Phi) is 4.83. The van der Waals surface area contributed by atoms with Gasteiger partial charge < -0.3 is 19.9 Å². The molecule has 0 saturated carbocycles. The fourth-order valence-corrected chi connectivity index (χ4v) is 3.22. The Labute approximate surface area is 132 Å². The number of para-hydroxylation sites is 2. The van der Waals surface area contributed by atoms with Crippen LogP contribution in [-0.4, -0.2) is 56.2 Å². The highest BCUT2D eigenvalue weighted by molar-refractivity contribution is 5.73. The summed E-state index contributed by atoms with van der Waals surface area (Å²) < 4.78 is 6.26. The smallest absolute Gasteiger partial charge is 0.219 e. The first-order chi connectivity index (χ1) is 10.7. The molecule has 120 valence electrons. The highest BCUT2D eigenvalue weighted by Crippen LogP contribution is 2.30. The van der Waals surface area contributed by atoms with Crippen LogP contribution < -0.4 is 15.0 Å². The van der Waals surface area contributed by atoms with Crippen LogP contribution in [0.2, 0.25) is 0 Å². The van der Waals surface area contributed by atoms with Crippen LogP contribution in [-0.2, 0) is 4.79 Å². The normalized spacial score (nSPS) is 22.5. The van der Waals surface area contributed by atoms with Crippen molar-refractivity contribution in [2.45, 2.75) is 25.9 Å². The molecule has 5 heteroatoms. The molecule has 22 heavy (non-hydrogen) atoms. The van der Waals surface area contributed by atoms with Gasteiger partial charge in [-0.3, -0.25) is 4.79 Å². The van der Waals surface area contributed by atoms with E-state index in [1.807, 2.05) is 17.0 Å². The average molecular weight is 303 g/mol. The number of rotatable bonds is 3. The van der Waals surface area contributed by atoms with Crippen molar-refractivity contribution in [3.8, 4) is 5.75 Å². The minimum atomic E-state index is 0.0988. The number of nitrogens with one attached hydrogen (secondary N) is 1. The number of carbonyl (C=O) groups is 1. The maximum Gasteiger partial charge on any atom is 0.219 e. The number of piperazine rings is 1. The number of carbonyl (C=O) groups excluding carboxylic acids is 1. The molecule has 5 nitrogen and oxygen atoms in total. The molecule has 0 aliphatic carbocycles. The second-order valence-corrected chi connectivity index (χ2v) is 6.05. The molecule has 2 fully saturated rings. The number of nitrogens with zero attached hydrogens (tertiary/aromatic N) is 2. The van der Waals surface area contributed by atoms with Crippen LogP contribution in [0.15, 0.2) is 24.3 Å². The average Bonchev–Trinajstić information content (AvgIpc) is 2.56. The summed E-state index contributed by atoms with van der Waals surface area (Å²) >= 11 is 0. The predicted molar refractivity (Wildman–Crippen MR) is 87.4 cm³/mol. The maximum atomic E-state index is 11.6. The van der Waals surface area contributed by atoms with Gasteiger partial charge in [0.05, 0.1) is 12.2 Å². The summed E-state index contributed by atoms with van der Waals surface area (Å²) in [6, 6.07) is 8.26. The first-order valence-corrected chi connectivity index (χ1v) is 8.21. The molecule has 2 heterocycles. The van der Waals surface area contributed by atoms with Crippen molar-refractivity contribution in [2.24, 2.45) is 0 Å². The molecular weight excluding hydrogens is 278 g/mol. The lowest BCUT2D eigenvalue weighted by molar-refractivity contribution is -0.131. The van der Waals surface area contributed by atoms with E-state index in [1.54, 1.807) is 6.92 Å². The standard InChI is InChI=1S/C17H25N3O2/c1-14(21)20-10-4-5-15(13-20)22-17-7-3-2-6-16(17)19-11-8-18-9-12-19/h2-3,6-7,15,18H,4-5,8-13H2,1H3/t15-/m0/s1. The first-order valence-electron chi connectivity index (χ1n) is 8.21. The Balaban J connectivity index is 1.70. The minimum Gasteiger partial charge on any atom is -0.486 e. The Morgan fingerprint density at radius 1 is 1.23 bits per heavy atom. The second kappa shape index (κ2) is 7.01. The zero-order valence-corrected chi connectivity index (χ0v) is 13.3. The number of likely N-dealkylation sites (tertiary alicyclic amines) is 1. The maximum absolute atomic E-state index is 11.6. The van der Waals surface area contributed by atoms with Crippen molar-refractivity contribution in [3.05, 3.63) is 24.3 Å². The third-order valence-electron chi connectivity index (χ3n) is 4.44. The van der Waals surface area contributed by atoms with Crippen LogP contribution in [0.1, 0.15) is 19.8 Å². The van der Waals surface area contributed by atoms with Crippen LogP contribution in [0.25, 0.3) is 0 Å². The lowest BCUT2D eigenvalue weighted by atomic mass is 10.1. The van der Waals surface area contributed by atoms with E-state index in [2.05, 4.69) is 22.3 Å². The Hall–Kier alpha value is -1.75. The van der Waals surface area contributed by atoms with Gasteiger partial charge in [0.15, 0.2) is 0 Å². The minimum absolute atomic E-state index is 0.0988. The fraction of sp³-hybridized carbons (Fsp3) is 0.588. The van der Waals surface area contributed by atoms with Gasteiger partial charge in [-0.25, -0.2) is 0 Å². The lowest BCUT2D eigenvalue weighted by Crippen LogP contribution is -2.45. The molecular formula is C17H25N3O2. The molecule has 2 aliphatic heterocycles. The molecule has 0 unspecified atom stereocenters. The highest BCUT2D eigenvalue weighted by atomic mass is 16.5. The van der Waals surface area contributed by atoms with E-state index >= 15 is 0 Å². The summed E-state index contributed by atoms with van der Waals surface area (Å²) in [6.07, 6.45) is 2.13. The molecule has 0 bridgehead atoms. The molecule has 1 atom stereocenters. The van der Waals surface area contributed by atoms with E-state index < -0.39 is 0 Å². The summed E-state index contributed by atoms with van der Waals surface area (Å²) in [6.45, 7) is 7.22. The number of hydrogen-bond acceptors (Lipinski definition) is 4. The van der Waals surface area contributed by atoms with E-state index in [-0.39, 0.29) is 12.0 Å². The molecule has 0 aromatic heterocycles. The van der Waals surface area contributed by atoms with E-state index in [9.17, 15) is 4.79 Å². The number of benzene rings is 1. The number of anilines is 1. The van der Waals surface area contributed by atoms with Gasteiger partial charge in [0.1, 0.15) is 11.9 Å². The van der Waals surface area contributed by atoms with Gasteiger partial charge in [-0.15, -0.1) is 0 Å². The monoisotopic (exact) mass is 303 g/mol. The molecule has 3 rings (SSSR count). The van der Waals surface area contributed by atoms with Gasteiger partial charge in [-0.05, 0) is 25.0 Å². The zero-order valence-electron chi connectivity index (χ0n) is 13.3. The topological polar surface area (TPSA) is 44.8 Å². The Morgan fingerprint density at radius 2 is 2.00 bits per heavy atom. The Bertz CT molecular complexity index is 514. The summed E-state index contributed by atoms with van der Waals surface area (Å²) in [5.41, 5.74) is 1.17. The third-order valence-corrected chi connectivity index (χ3v) is 4.44. The van der Waals surface area contributed by atoms with E-state index in [0.29, 0.717) is 6.54 Å². The van der Waals surface area contributed by atoms with Gasteiger partial charge in [0.25, 0.3) is 0 Å². The Morgan fingerprint density at radius 3 is 2.77 bits per heavy atom. The van der Waals surface area contributed by atoms with Crippen molar-refractivity contribution in [1.82, 2.24) is 10.2 Å². The van der Waals surface area contributed by atoms with E-state index in [1.165, 1.54) is 5.69 Å². The van der Waals surface area contributed by atoms with Crippen molar-refractivity contribution < 1.29 is 9.53 Å². The first kappa shape index (κ1) is 15.2. The molecule has 1 aromatic rings. The fourth-order valence-electron chi connectivity index (χ4n) is 3.22. The summed E-state index contributed by atoms with van der Waals surface area (Å²) in [5.74, 6) is 1.09. The third kappa shape index (κ3) is 3.53. The highest BCUT2D eigenvalue weighted by Gasteiger charge is 2.24. The number of ether oxygens (including phenoxy) is 1. The largest absolute Gasteiger partial charge is 0.486 e. The number of piperidine rings is 1. The molecule has 1 aromatic carbocycles. The molecule has 0 radical (unpaired) electrons. The van der Waals surface area contributed by atoms with Crippen LogP contribution in [0.5, 0.6) is 5.75 Å². The summed E-state index contributed by atoms with van der Waals surface area (Å²) in [5, 5.41) is 3.38. The quantitative estimate of drug-likeness (QED) is 0.919. The summed E-state index contributed by atoms with van der Waals surface area (Å²) in [7, 11) is 0. The van der Waals surface area contributed by atoms with Crippen LogP contribution >= 0.6 is 0 Å². The van der Waals surface area contributed by atoms with Gasteiger partial charge in [-0.2, -0.15) is 0 Å². The molecule has 0 spiro atoms. The van der Waals surface area contributed by atoms with Crippen LogP contribution in [0.3, 0.4) is 0 Å². The number of amides is 1. The van der Waals surface area contributed by atoms with E-state index in [0.717, 1.165) is 51.3 Å². The zero-order chi connectivity index (χ0) is 15.4. The van der Waals surface area contributed by atoms with Crippen molar-refractivity contribution in [1.29, 1.82) is 0 Å². The van der Waals surface area contributed by atoms with Gasteiger partial charge in [-0.1, -0.05) is 12.1 Å². The second-order valence-electron chi connectivity index (χ2n) is 6.05. The SMILES string of the molecule is CC(=O)N1CCC[C@H](Oc2ccccc2N2CCNCC2)C1. The van der Waals surface area contributed by atoms with Crippen molar-refractivity contribution >= 4 is 11.6 Å². The van der Waals surface area contributed by atoms with Gasteiger partial charge in [0.2, 0.25) is 5.91 Å². The van der Waals surface area contributed by atoms with Gasteiger partial charge in [0, 0.05) is 39.6 Å². The summed E-state index contributed by atoms with van der Waals surface area (Å²) in [4.78, 5) is 15.8. The van der Waals surface area contributed by atoms with E-state index in [4.69, 9.17) is 4.74 Å². The molecule has 2 saturated heterocycles. The van der Waals surface area contributed by atoms with Crippen LogP contribution in [0, 0.1) is 0 Å². The lowest BCUT2D eigenvalue weighted by Gasteiger charge is -2.35. The predicted octanol–water partition coefficient (Wildman–Crippen LogP) is 1.49. The molecule has 1 amide bonds. The van der Waals surface area contributed by atoms with Gasteiger partial charge >= 0.3 is 0 Å².